The highest BCUT2D eigenvalue weighted by atomic mass is 28.4. The van der Waals surface area contributed by atoms with Gasteiger partial charge >= 0.3 is 0 Å². The summed E-state index contributed by atoms with van der Waals surface area (Å²) in [5.74, 6) is 0.313. The van der Waals surface area contributed by atoms with E-state index >= 15 is 0 Å². The quantitative estimate of drug-likeness (QED) is 0.187. The molecule has 3 rings (SSSR count). The molecule has 0 aliphatic carbocycles. The van der Waals surface area contributed by atoms with Crippen LogP contribution in [0.25, 0.3) is 0 Å². The second-order valence-corrected chi connectivity index (χ2v) is 25.7. The lowest BCUT2D eigenvalue weighted by Crippen LogP contribution is -2.60. The molecule has 0 amide bonds. The summed E-state index contributed by atoms with van der Waals surface area (Å²) in [7, 11) is -4.02. The number of hydrogen-bond donors (Lipinski definition) is 1. The zero-order chi connectivity index (χ0) is 34.7. The summed E-state index contributed by atoms with van der Waals surface area (Å²) in [5, 5.41) is 15.0. The van der Waals surface area contributed by atoms with E-state index in [2.05, 4.69) is 107 Å². The Morgan fingerprint density at radius 1 is 0.913 bits per heavy atom. The van der Waals surface area contributed by atoms with Crippen molar-refractivity contribution in [1.29, 1.82) is 0 Å². The van der Waals surface area contributed by atoms with Crippen LogP contribution in [0.4, 0.5) is 0 Å². The van der Waals surface area contributed by atoms with Gasteiger partial charge in [0.1, 0.15) is 0 Å². The minimum atomic E-state index is -2.08. The van der Waals surface area contributed by atoms with Crippen LogP contribution in [0.2, 0.25) is 36.3 Å². The molecule has 0 bridgehead atoms. The maximum Gasteiger partial charge on any atom is 0.192 e. The van der Waals surface area contributed by atoms with Crippen LogP contribution >= 0.6 is 0 Å². The first-order chi connectivity index (χ1) is 21.3. The van der Waals surface area contributed by atoms with E-state index in [1.807, 2.05) is 18.2 Å². The van der Waals surface area contributed by atoms with Gasteiger partial charge in [-0.1, -0.05) is 105 Å². The van der Waals surface area contributed by atoms with Gasteiger partial charge in [-0.05, 0) is 56.5 Å². The molecule has 1 aromatic rings. The predicted molar refractivity (Wildman–Crippen MR) is 194 cm³/mol. The van der Waals surface area contributed by atoms with Crippen LogP contribution in [0, 0.1) is 23.7 Å². The number of aliphatic hydroxyl groups is 1. The van der Waals surface area contributed by atoms with Crippen LogP contribution in [-0.2, 0) is 23.2 Å². The molecule has 1 aromatic carbocycles. The summed E-state index contributed by atoms with van der Waals surface area (Å²) in [6.07, 6.45) is -0.999. The molecular weight excluding hydrogens is 611 g/mol. The van der Waals surface area contributed by atoms with Crippen LogP contribution in [-0.4, -0.2) is 64.1 Å². The summed E-state index contributed by atoms with van der Waals surface area (Å²) in [4.78, 5) is 5.75. The van der Waals surface area contributed by atoms with Gasteiger partial charge in [-0.3, -0.25) is 0 Å². The molecule has 9 heteroatoms. The lowest BCUT2D eigenvalue weighted by molar-refractivity contribution is -0.310. The van der Waals surface area contributed by atoms with Gasteiger partial charge < -0.3 is 28.3 Å². The maximum atomic E-state index is 10.3. The fraction of sp³-hybridized carbons (Fsp3) is 0.811. The number of hydrogen-bond acceptors (Lipinski definition) is 7. The van der Waals surface area contributed by atoms with E-state index in [9.17, 15) is 5.11 Å². The van der Waals surface area contributed by atoms with E-state index in [4.69, 9.17) is 23.2 Å². The van der Waals surface area contributed by atoms with Gasteiger partial charge in [-0.15, -0.1) is 0 Å². The van der Waals surface area contributed by atoms with Crippen molar-refractivity contribution in [2.75, 3.05) is 6.61 Å². The number of nitrogens with zero attached hydrogens (tertiary/aromatic N) is 1. The minimum absolute atomic E-state index is 0.0233. The fourth-order valence-electron chi connectivity index (χ4n) is 7.40. The molecule has 2 heterocycles. The topological polar surface area (TPSA) is 78.7 Å². The molecule has 1 saturated heterocycles. The van der Waals surface area contributed by atoms with Crippen molar-refractivity contribution in [1.82, 2.24) is 0 Å². The smallest absolute Gasteiger partial charge is 0.192 e. The molecule has 1 fully saturated rings. The van der Waals surface area contributed by atoms with Gasteiger partial charge in [0.05, 0.1) is 29.6 Å². The largest absolute Gasteiger partial charge is 0.416 e. The highest BCUT2D eigenvalue weighted by Crippen LogP contribution is 2.46. The van der Waals surface area contributed by atoms with Crippen LogP contribution in [0.3, 0.4) is 0 Å². The highest BCUT2D eigenvalue weighted by molar-refractivity contribution is 6.74. The Morgan fingerprint density at radius 3 is 2.00 bits per heavy atom. The number of oxime groups is 1. The van der Waals surface area contributed by atoms with E-state index in [-0.39, 0.29) is 47.0 Å². The number of ether oxygens (including phenoxy) is 2. The van der Waals surface area contributed by atoms with Crippen LogP contribution in [0.1, 0.15) is 101 Å². The number of rotatable bonds is 15. The zero-order valence-corrected chi connectivity index (χ0v) is 33.6. The molecule has 2 aliphatic heterocycles. The molecule has 0 spiro atoms. The summed E-state index contributed by atoms with van der Waals surface area (Å²) in [6, 6.07) is 13.5. The summed E-state index contributed by atoms with van der Waals surface area (Å²) >= 11 is 0. The first-order valence-corrected chi connectivity index (χ1v) is 23.4. The van der Waals surface area contributed by atoms with Crippen LogP contribution < -0.4 is 0 Å². The van der Waals surface area contributed by atoms with Crippen molar-refractivity contribution in [2.24, 2.45) is 28.8 Å². The maximum absolute atomic E-state index is 10.3. The molecule has 264 valence electrons. The van der Waals surface area contributed by atoms with Crippen LogP contribution in [0.15, 0.2) is 35.5 Å². The second-order valence-electron chi connectivity index (χ2n) is 16.2. The molecule has 0 saturated carbocycles. The molecule has 0 radical (unpaired) electrons. The summed E-state index contributed by atoms with van der Waals surface area (Å²) in [5.41, 5.74) is 1.40. The van der Waals surface area contributed by atoms with Crippen molar-refractivity contribution < 1.29 is 28.3 Å². The molecule has 0 unspecified atom stereocenters. The number of aliphatic hydroxyl groups excluding tert-OH is 1. The molecule has 46 heavy (non-hydrogen) atoms. The Labute approximate surface area is 283 Å². The molecule has 10 atom stereocenters. The van der Waals surface area contributed by atoms with Crippen molar-refractivity contribution in [3.63, 3.8) is 0 Å². The first kappa shape index (κ1) is 39.4. The summed E-state index contributed by atoms with van der Waals surface area (Å²) in [6.45, 7) is 32.0. The average Bonchev–Trinajstić information content (AvgIpc) is 3.40. The van der Waals surface area contributed by atoms with E-state index < -0.39 is 34.6 Å². The Balaban J connectivity index is 2.04. The lowest BCUT2D eigenvalue weighted by Gasteiger charge is -2.53. The van der Waals surface area contributed by atoms with Crippen LogP contribution in [0.5, 0.6) is 0 Å². The molecule has 0 aromatic heterocycles. The minimum Gasteiger partial charge on any atom is -0.416 e. The van der Waals surface area contributed by atoms with E-state index in [0.29, 0.717) is 6.61 Å². The third-order valence-corrected chi connectivity index (χ3v) is 20.9. The normalized spacial score (nSPS) is 29.4. The second kappa shape index (κ2) is 15.6. The first-order valence-electron chi connectivity index (χ1n) is 18.0. The van der Waals surface area contributed by atoms with Gasteiger partial charge in [0.2, 0.25) is 0 Å². The van der Waals surface area contributed by atoms with Gasteiger partial charge in [0.25, 0.3) is 0 Å². The van der Waals surface area contributed by atoms with E-state index in [1.54, 1.807) is 6.92 Å². The van der Waals surface area contributed by atoms with Crippen molar-refractivity contribution in [2.45, 2.75) is 162 Å². The van der Waals surface area contributed by atoms with Gasteiger partial charge in [0.15, 0.2) is 29.0 Å². The van der Waals surface area contributed by atoms with Crippen molar-refractivity contribution in [3.05, 3.63) is 35.9 Å². The Kier molecular flexibility index (Phi) is 13.4. The SMILES string of the molecule is CC[Si](CC)(CC)O[C@](C)(C[C@@H](C)C1=NO[C@@H]([C@@H](C)O)[C@H]1C)[C@@H]1O[C@H](c2ccccc2)O[C@H]([C@@H](C)CO[Si](C)(C)C(C)(C)C)[C@@H]1C. The Bertz CT molecular complexity index is 1110. The van der Waals surface area contributed by atoms with Gasteiger partial charge in [-0.25, -0.2) is 0 Å². The van der Waals surface area contributed by atoms with Gasteiger partial charge in [-0.2, -0.15) is 0 Å². The third kappa shape index (κ3) is 8.74. The lowest BCUT2D eigenvalue weighted by atomic mass is 9.75. The predicted octanol–water partition coefficient (Wildman–Crippen LogP) is 9.34. The Morgan fingerprint density at radius 2 is 1.50 bits per heavy atom. The monoisotopic (exact) mass is 677 g/mol. The third-order valence-electron chi connectivity index (χ3n) is 11.6. The van der Waals surface area contributed by atoms with Crippen molar-refractivity contribution >= 4 is 22.3 Å². The average molecular weight is 678 g/mol. The highest BCUT2D eigenvalue weighted by Gasteiger charge is 2.53. The Hall–Kier alpha value is -1.08. The number of benzene rings is 1. The molecule has 1 N–H and O–H groups in total. The van der Waals surface area contributed by atoms with Crippen molar-refractivity contribution in [3.8, 4) is 0 Å². The van der Waals surface area contributed by atoms with E-state index in [1.165, 1.54) is 0 Å². The molecule has 2 aliphatic rings. The zero-order valence-electron chi connectivity index (χ0n) is 31.6. The molecular formula is C37H67NO6Si2. The molecule has 7 nitrogen and oxygen atoms in total. The van der Waals surface area contributed by atoms with E-state index in [0.717, 1.165) is 35.8 Å². The summed E-state index contributed by atoms with van der Waals surface area (Å²) < 4.78 is 28.3. The fourth-order valence-corrected chi connectivity index (χ4v) is 11.6. The standard InChI is InChI=1S/C37H67NO6Si2/c1-15-46(16-2,17-3)44-37(12,23-25(4)31-27(6)33(29(8)39)43-38-31)34-28(7)32(26(5)24-40-45(13,14)36(9,10)11)41-35(42-34)30-21-19-18-20-22-30/h18-22,25-29,32-35,39H,15-17,23-24H2,1-14H3/t25-,26+,27+,28+,29-,32-,33-,34-,35-,37-/m1/s1. The van der Waals surface area contributed by atoms with Gasteiger partial charge in [0, 0.05) is 35.8 Å².